The van der Waals surface area contributed by atoms with Crippen molar-refractivity contribution in [3.8, 4) is 0 Å². The van der Waals surface area contributed by atoms with E-state index >= 15 is 0 Å². The molecule has 0 radical (unpaired) electrons. The Morgan fingerprint density at radius 2 is 2.10 bits per heavy atom. The van der Waals surface area contributed by atoms with Gasteiger partial charge in [-0.3, -0.25) is 0 Å². The van der Waals surface area contributed by atoms with Crippen molar-refractivity contribution >= 4 is 11.1 Å². The molecule has 3 heterocycles. The van der Waals surface area contributed by atoms with Gasteiger partial charge in [0.25, 0.3) is 0 Å². The number of aromatic nitrogens is 2. The number of fused-ring (bicyclic) bond motifs is 1. The summed E-state index contributed by atoms with van der Waals surface area (Å²) in [5.74, 6) is 0.647. The minimum absolute atomic E-state index is 0.647. The van der Waals surface area contributed by atoms with Crippen LogP contribution in [-0.2, 0) is 4.74 Å². The molecule has 104 valence electrons. The first kappa shape index (κ1) is 12.2. The molecule has 1 aliphatic carbocycles. The van der Waals surface area contributed by atoms with Crippen LogP contribution in [0.1, 0.15) is 49.3 Å². The van der Waals surface area contributed by atoms with Crippen molar-refractivity contribution in [3.05, 3.63) is 41.7 Å². The van der Waals surface area contributed by atoms with Crippen LogP contribution in [0.5, 0.6) is 0 Å². The Morgan fingerprint density at radius 3 is 2.90 bits per heavy atom. The highest BCUT2D eigenvalue weighted by Crippen LogP contribution is 2.39. The number of rotatable bonds is 2. The molecule has 0 saturated heterocycles. The zero-order valence-corrected chi connectivity index (χ0v) is 11.7. The largest absolute Gasteiger partial charge is 0.377 e. The zero-order chi connectivity index (χ0) is 13.4. The standard InChI is InChI=1S/C17H20N2O/c1-2-6-14(5-1)17-16(13-8-11-20-12-9-13)15-7-3-4-10-19(15)18-17/h3-4,7-8,10,14H,1-2,5-6,9,11-12H2. The monoisotopic (exact) mass is 268 g/mol. The minimum Gasteiger partial charge on any atom is -0.377 e. The Labute approximate surface area is 119 Å². The fourth-order valence-electron chi connectivity index (χ4n) is 3.59. The summed E-state index contributed by atoms with van der Waals surface area (Å²) in [6, 6.07) is 6.36. The predicted octanol–water partition coefficient (Wildman–Crippen LogP) is 3.80. The fourth-order valence-corrected chi connectivity index (χ4v) is 3.59. The summed E-state index contributed by atoms with van der Waals surface area (Å²) in [7, 11) is 0. The highest BCUT2D eigenvalue weighted by molar-refractivity contribution is 5.81. The first-order valence-electron chi connectivity index (χ1n) is 7.68. The van der Waals surface area contributed by atoms with E-state index in [4.69, 9.17) is 9.84 Å². The van der Waals surface area contributed by atoms with E-state index in [2.05, 4.69) is 35.0 Å². The van der Waals surface area contributed by atoms with E-state index in [-0.39, 0.29) is 0 Å². The molecule has 2 aromatic heterocycles. The van der Waals surface area contributed by atoms with Gasteiger partial charge in [0.2, 0.25) is 0 Å². The van der Waals surface area contributed by atoms with Crippen molar-refractivity contribution in [3.63, 3.8) is 0 Å². The molecule has 4 rings (SSSR count). The molecule has 0 spiro atoms. The molecule has 0 aromatic carbocycles. The maximum atomic E-state index is 5.47. The topological polar surface area (TPSA) is 26.5 Å². The highest BCUT2D eigenvalue weighted by Gasteiger charge is 2.26. The van der Waals surface area contributed by atoms with Crippen LogP contribution in [0.4, 0.5) is 0 Å². The highest BCUT2D eigenvalue weighted by atomic mass is 16.5. The van der Waals surface area contributed by atoms with Gasteiger partial charge in [0, 0.05) is 17.7 Å². The Kier molecular flexibility index (Phi) is 3.07. The lowest BCUT2D eigenvalue weighted by Gasteiger charge is -2.16. The molecule has 0 bridgehead atoms. The molecular formula is C17H20N2O. The van der Waals surface area contributed by atoms with Crippen molar-refractivity contribution in [1.29, 1.82) is 0 Å². The second-order valence-corrected chi connectivity index (χ2v) is 5.83. The van der Waals surface area contributed by atoms with Crippen LogP contribution in [0.25, 0.3) is 11.1 Å². The zero-order valence-electron chi connectivity index (χ0n) is 11.7. The van der Waals surface area contributed by atoms with Crippen LogP contribution in [-0.4, -0.2) is 22.8 Å². The molecule has 1 fully saturated rings. The predicted molar refractivity (Wildman–Crippen MR) is 79.8 cm³/mol. The van der Waals surface area contributed by atoms with E-state index in [1.807, 2.05) is 0 Å². The van der Waals surface area contributed by atoms with Gasteiger partial charge in [-0.1, -0.05) is 25.0 Å². The summed E-state index contributed by atoms with van der Waals surface area (Å²) in [4.78, 5) is 0. The molecule has 0 N–H and O–H groups in total. The van der Waals surface area contributed by atoms with Gasteiger partial charge in [0.05, 0.1) is 24.4 Å². The molecule has 20 heavy (non-hydrogen) atoms. The Hall–Kier alpha value is -1.61. The molecule has 2 aromatic rings. The van der Waals surface area contributed by atoms with E-state index in [0.29, 0.717) is 5.92 Å². The summed E-state index contributed by atoms with van der Waals surface area (Å²) in [6.07, 6.45) is 10.6. The third kappa shape index (κ3) is 1.97. The lowest BCUT2D eigenvalue weighted by molar-refractivity contribution is 0.161. The first-order valence-corrected chi connectivity index (χ1v) is 7.68. The van der Waals surface area contributed by atoms with Gasteiger partial charge in [0.15, 0.2) is 0 Å². The SMILES string of the molecule is C1=C(c2c(C3CCCC3)nn3ccccc23)CCOC1. The van der Waals surface area contributed by atoms with Gasteiger partial charge in [-0.25, -0.2) is 4.52 Å². The van der Waals surface area contributed by atoms with E-state index in [0.717, 1.165) is 19.6 Å². The van der Waals surface area contributed by atoms with Crippen LogP contribution >= 0.6 is 0 Å². The van der Waals surface area contributed by atoms with Crippen LogP contribution in [0.3, 0.4) is 0 Å². The number of hydrogen-bond acceptors (Lipinski definition) is 2. The van der Waals surface area contributed by atoms with E-state index in [1.54, 1.807) is 0 Å². The average Bonchev–Trinajstić information content (AvgIpc) is 3.15. The van der Waals surface area contributed by atoms with E-state index in [9.17, 15) is 0 Å². The maximum Gasteiger partial charge on any atom is 0.0741 e. The lowest BCUT2D eigenvalue weighted by Crippen LogP contribution is -2.06. The van der Waals surface area contributed by atoms with E-state index in [1.165, 1.54) is 48.0 Å². The Bertz CT molecular complexity index is 650. The molecule has 1 saturated carbocycles. The number of hydrogen-bond donors (Lipinski definition) is 0. The number of ether oxygens (including phenoxy) is 1. The van der Waals surface area contributed by atoms with Crippen LogP contribution < -0.4 is 0 Å². The smallest absolute Gasteiger partial charge is 0.0741 e. The summed E-state index contributed by atoms with van der Waals surface area (Å²) in [6.45, 7) is 1.57. The van der Waals surface area contributed by atoms with Crippen molar-refractivity contribution in [2.45, 2.75) is 38.0 Å². The molecule has 1 aliphatic heterocycles. The molecule has 0 atom stereocenters. The van der Waals surface area contributed by atoms with Crippen LogP contribution in [0.15, 0.2) is 30.5 Å². The molecule has 2 aliphatic rings. The number of pyridine rings is 1. The van der Waals surface area contributed by atoms with Gasteiger partial charge < -0.3 is 4.74 Å². The van der Waals surface area contributed by atoms with Gasteiger partial charge in [-0.15, -0.1) is 0 Å². The summed E-state index contributed by atoms with van der Waals surface area (Å²) >= 11 is 0. The van der Waals surface area contributed by atoms with Crippen LogP contribution in [0.2, 0.25) is 0 Å². The molecule has 3 heteroatoms. The minimum atomic E-state index is 0.647. The van der Waals surface area contributed by atoms with E-state index < -0.39 is 0 Å². The molecule has 3 nitrogen and oxygen atoms in total. The van der Waals surface area contributed by atoms with Crippen molar-refractivity contribution < 1.29 is 4.74 Å². The second-order valence-electron chi connectivity index (χ2n) is 5.83. The summed E-state index contributed by atoms with van der Waals surface area (Å²) in [5.41, 5.74) is 5.39. The fraction of sp³-hybridized carbons (Fsp3) is 0.471. The van der Waals surface area contributed by atoms with Gasteiger partial charge in [-0.05, 0) is 37.0 Å². The van der Waals surface area contributed by atoms with Gasteiger partial charge >= 0.3 is 0 Å². The van der Waals surface area contributed by atoms with Crippen molar-refractivity contribution in [2.24, 2.45) is 0 Å². The first-order chi connectivity index (χ1) is 9.93. The van der Waals surface area contributed by atoms with Gasteiger partial charge in [0.1, 0.15) is 0 Å². The Morgan fingerprint density at radius 1 is 1.20 bits per heavy atom. The third-order valence-corrected chi connectivity index (χ3v) is 4.59. The second kappa shape index (κ2) is 5.06. The van der Waals surface area contributed by atoms with Crippen molar-refractivity contribution in [1.82, 2.24) is 9.61 Å². The lowest BCUT2D eigenvalue weighted by atomic mass is 9.93. The third-order valence-electron chi connectivity index (χ3n) is 4.59. The molecular weight excluding hydrogens is 248 g/mol. The Balaban J connectivity index is 1.90. The van der Waals surface area contributed by atoms with Crippen LogP contribution in [0, 0.1) is 0 Å². The van der Waals surface area contributed by atoms with Gasteiger partial charge in [-0.2, -0.15) is 5.10 Å². The maximum absolute atomic E-state index is 5.47. The quantitative estimate of drug-likeness (QED) is 0.828. The average molecular weight is 268 g/mol. The summed E-state index contributed by atoms with van der Waals surface area (Å²) in [5, 5.41) is 4.90. The molecule has 0 unspecified atom stereocenters. The number of nitrogens with zero attached hydrogens (tertiary/aromatic N) is 2. The normalized spacial score (nSPS) is 20.5. The summed E-state index contributed by atoms with van der Waals surface area (Å²) < 4.78 is 7.53. The van der Waals surface area contributed by atoms with Crippen molar-refractivity contribution in [2.75, 3.05) is 13.2 Å². The molecule has 0 amide bonds.